The van der Waals surface area contributed by atoms with Crippen LogP contribution in [0.4, 0.5) is 11.4 Å². The molecule has 10 nitrogen and oxygen atoms in total. The van der Waals surface area contributed by atoms with Gasteiger partial charge >= 0.3 is 5.97 Å². The molecule has 2 aromatic heterocycles. The van der Waals surface area contributed by atoms with Crippen LogP contribution in [0.25, 0.3) is 0 Å². The number of aromatic nitrogens is 2. The van der Waals surface area contributed by atoms with Crippen molar-refractivity contribution >= 4 is 23.3 Å². The molecule has 5 aliphatic rings. The van der Waals surface area contributed by atoms with Gasteiger partial charge in [-0.15, -0.1) is 0 Å². The number of hydrogen-bond donors (Lipinski definition) is 3. The summed E-state index contributed by atoms with van der Waals surface area (Å²) in [6, 6.07) is 9.08. The van der Waals surface area contributed by atoms with E-state index >= 15 is 0 Å². The summed E-state index contributed by atoms with van der Waals surface area (Å²) in [5, 5.41) is 6.58. The summed E-state index contributed by atoms with van der Waals surface area (Å²) in [4.78, 5) is 39.7. The van der Waals surface area contributed by atoms with Gasteiger partial charge in [-0.05, 0) is 186 Å². The Morgan fingerprint density at radius 2 is 1.60 bits per heavy atom. The van der Waals surface area contributed by atoms with Crippen LogP contribution in [0.5, 0.6) is 0 Å². The second-order valence-electron chi connectivity index (χ2n) is 23.9. The van der Waals surface area contributed by atoms with Crippen LogP contribution in [0.15, 0.2) is 36.7 Å². The molecule has 11 atom stereocenters. The maximum atomic E-state index is 13.0. The Hall–Kier alpha value is -3.24. The number of nitrogens with one attached hydrogen (secondary N) is 2. The van der Waals surface area contributed by atoms with Crippen molar-refractivity contribution in [3.8, 4) is 0 Å². The van der Waals surface area contributed by atoms with Crippen molar-refractivity contribution in [2.75, 3.05) is 43.9 Å². The molecule has 2 aromatic rings. The average molecular weight is 938 g/mol. The van der Waals surface area contributed by atoms with Gasteiger partial charge in [-0.1, -0.05) is 66.7 Å². The van der Waals surface area contributed by atoms with Crippen LogP contribution in [0.2, 0.25) is 0 Å². The van der Waals surface area contributed by atoms with E-state index < -0.39 is 0 Å². The predicted molar refractivity (Wildman–Crippen MR) is 279 cm³/mol. The highest BCUT2D eigenvalue weighted by atomic mass is 16.5. The Kier molecular flexibility index (Phi) is 19.1. The minimum absolute atomic E-state index is 0.00494. The average Bonchev–Trinajstić information content (AvgIpc) is 3.93. The number of rotatable bonds is 25. The first kappa shape index (κ1) is 52.6. The molecule has 0 spiro atoms. The number of carbonyl (C=O) groups is 2. The molecule has 0 aromatic carbocycles. The van der Waals surface area contributed by atoms with Crippen molar-refractivity contribution in [1.82, 2.24) is 20.2 Å². The molecule has 68 heavy (non-hydrogen) atoms. The number of nitrogens with two attached hydrogens (primary N) is 1. The van der Waals surface area contributed by atoms with E-state index in [1.807, 2.05) is 18.5 Å². The standard InChI is InChI=1S/C58H95N7O3/c1-41(2)15-13-16-42(3)50-22-23-51-49-21-20-43-37-48(26-30-57(43,4)52(49)27-31-58(50,51)5)68-56(67)25-24-55(66)63-33-12-11-32-60-45-28-34-61-44(38-45)17-9-8-10-18-53(59)54-19-14-36-65(54)40-46-39-47(64(6)7)29-35-62-46/h28-29,34-35,38-39,41-43,48-54H,8-27,30-33,36-37,40,59H2,1-7H3,(H,60,61)(H,63,66)/t42-,43?,48?,49?,50?,51+,52+,53+,54?,57?,58?/m1/s1. The highest BCUT2D eigenvalue weighted by Crippen LogP contribution is 2.68. The number of unbranched alkanes of at least 4 members (excludes halogenated alkanes) is 3. The predicted octanol–water partition coefficient (Wildman–Crippen LogP) is 11.8. The van der Waals surface area contributed by atoms with E-state index in [0.717, 1.165) is 130 Å². The van der Waals surface area contributed by atoms with E-state index in [2.05, 4.69) is 97.3 Å². The third-order valence-electron chi connectivity index (χ3n) is 18.8. The van der Waals surface area contributed by atoms with Crippen molar-refractivity contribution in [3.05, 3.63) is 48.0 Å². The first-order valence-corrected chi connectivity index (χ1v) is 28.0. The minimum atomic E-state index is -0.205. The number of amides is 1. The van der Waals surface area contributed by atoms with Crippen molar-refractivity contribution in [2.45, 2.75) is 207 Å². The maximum Gasteiger partial charge on any atom is 0.306 e. The third kappa shape index (κ3) is 13.6. The van der Waals surface area contributed by atoms with Gasteiger partial charge in [-0.25, -0.2) is 0 Å². The van der Waals surface area contributed by atoms with Crippen LogP contribution in [0.1, 0.15) is 187 Å². The maximum absolute atomic E-state index is 13.0. The number of aryl methyl sites for hydroxylation is 1. The summed E-state index contributed by atoms with van der Waals surface area (Å²) in [6.07, 6.45) is 29.5. The highest BCUT2D eigenvalue weighted by molar-refractivity contribution is 5.81. The number of anilines is 2. The van der Waals surface area contributed by atoms with Crippen molar-refractivity contribution in [3.63, 3.8) is 0 Å². The monoisotopic (exact) mass is 938 g/mol. The summed E-state index contributed by atoms with van der Waals surface area (Å²) in [6.45, 7) is 16.0. The van der Waals surface area contributed by atoms with Crippen molar-refractivity contribution in [1.29, 1.82) is 0 Å². The van der Waals surface area contributed by atoms with E-state index in [-0.39, 0.29) is 36.9 Å². The van der Waals surface area contributed by atoms with Crippen LogP contribution in [0.3, 0.4) is 0 Å². The fraction of sp³-hybridized carbons (Fsp3) is 0.793. The number of esters is 1. The number of nitrogens with zero attached hydrogens (tertiary/aromatic N) is 4. The normalized spacial score (nSPS) is 30.0. The lowest BCUT2D eigenvalue weighted by molar-refractivity contribution is -0.163. The number of fused-ring (bicyclic) bond motifs is 5. The lowest BCUT2D eigenvalue weighted by Crippen LogP contribution is -2.54. The number of pyridine rings is 2. The Bertz CT molecular complexity index is 1890. The molecule has 0 radical (unpaired) electrons. The SMILES string of the molecule is CC(C)CCC[C@@H](C)C1CC[C@H]2C3CCC4CC(OC(=O)CCC(=O)NCCCCNc5ccnc(CCCCC[C@H](N)C6CCCN6Cc6cc(N(C)C)ccn6)c5)CCC4(C)[C@H]3CCC12C. The molecule has 1 amide bonds. The molecule has 5 fully saturated rings. The van der Waals surface area contributed by atoms with Crippen molar-refractivity contribution < 1.29 is 14.3 Å². The zero-order valence-electron chi connectivity index (χ0n) is 43.9. The summed E-state index contributed by atoms with van der Waals surface area (Å²) in [5.41, 5.74) is 12.2. The van der Waals surface area contributed by atoms with Crippen LogP contribution < -0.4 is 21.3 Å². The van der Waals surface area contributed by atoms with Gasteiger partial charge in [0.05, 0.1) is 12.1 Å². The van der Waals surface area contributed by atoms with Gasteiger partial charge in [0.15, 0.2) is 0 Å². The number of ether oxygens (including phenoxy) is 1. The van der Waals surface area contributed by atoms with Gasteiger partial charge < -0.3 is 26.0 Å². The molecular formula is C58H95N7O3. The number of likely N-dealkylation sites (tertiary alicyclic amines) is 1. The summed E-state index contributed by atoms with van der Waals surface area (Å²) in [7, 11) is 4.14. The quantitative estimate of drug-likeness (QED) is 0.0659. The molecule has 0 bridgehead atoms. The Morgan fingerprint density at radius 3 is 2.43 bits per heavy atom. The molecule has 3 heterocycles. The lowest BCUT2D eigenvalue weighted by atomic mass is 9.44. The summed E-state index contributed by atoms with van der Waals surface area (Å²) >= 11 is 0. The second-order valence-corrected chi connectivity index (χ2v) is 23.9. The fourth-order valence-electron chi connectivity index (χ4n) is 15.0. The molecule has 4 aliphatic carbocycles. The Labute approximate surface area is 413 Å². The molecule has 7 unspecified atom stereocenters. The molecule has 380 valence electrons. The topological polar surface area (TPSA) is 126 Å². The van der Waals surface area contributed by atoms with Gasteiger partial charge in [-0.3, -0.25) is 24.5 Å². The molecule has 7 rings (SSSR count). The van der Waals surface area contributed by atoms with Gasteiger partial charge in [-0.2, -0.15) is 0 Å². The van der Waals surface area contributed by atoms with E-state index in [1.165, 1.54) is 82.7 Å². The molecule has 10 heteroatoms. The fourth-order valence-corrected chi connectivity index (χ4v) is 15.0. The Balaban J connectivity index is 0.717. The van der Waals surface area contributed by atoms with Crippen molar-refractivity contribution in [2.24, 2.45) is 58.0 Å². The molecule has 1 saturated heterocycles. The van der Waals surface area contributed by atoms with Gasteiger partial charge in [0.25, 0.3) is 0 Å². The second kappa shape index (κ2) is 24.7. The smallest absolute Gasteiger partial charge is 0.306 e. The molecular weight excluding hydrogens is 843 g/mol. The van der Waals surface area contributed by atoms with Crippen LogP contribution >= 0.6 is 0 Å². The van der Waals surface area contributed by atoms with Gasteiger partial charge in [0.2, 0.25) is 5.91 Å². The molecule has 4 N–H and O–H groups in total. The van der Waals surface area contributed by atoms with Crippen LogP contribution in [-0.4, -0.2) is 78.7 Å². The van der Waals surface area contributed by atoms with Gasteiger partial charge in [0, 0.05) is 81.7 Å². The summed E-state index contributed by atoms with van der Waals surface area (Å²) < 4.78 is 6.10. The first-order chi connectivity index (χ1) is 32.7. The van der Waals surface area contributed by atoms with E-state index in [0.29, 0.717) is 29.3 Å². The Morgan fingerprint density at radius 1 is 0.824 bits per heavy atom. The summed E-state index contributed by atoms with van der Waals surface area (Å²) in [5.74, 6) is 5.55. The number of carbonyl (C=O) groups excluding carboxylic acids is 2. The molecule has 4 saturated carbocycles. The van der Waals surface area contributed by atoms with Gasteiger partial charge in [0.1, 0.15) is 6.10 Å². The van der Waals surface area contributed by atoms with E-state index in [4.69, 9.17) is 10.5 Å². The zero-order valence-corrected chi connectivity index (χ0v) is 43.9. The largest absolute Gasteiger partial charge is 0.462 e. The highest BCUT2D eigenvalue weighted by Gasteiger charge is 2.60. The minimum Gasteiger partial charge on any atom is -0.462 e. The van der Waals surface area contributed by atoms with E-state index in [1.54, 1.807) is 0 Å². The lowest BCUT2D eigenvalue weighted by Gasteiger charge is -2.61. The zero-order chi connectivity index (χ0) is 48.3. The number of hydrogen-bond acceptors (Lipinski definition) is 9. The van der Waals surface area contributed by atoms with E-state index in [9.17, 15) is 9.59 Å². The third-order valence-corrected chi connectivity index (χ3v) is 18.8. The first-order valence-electron chi connectivity index (χ1n) is 28.0. The molecule has 1 aliphatic heterocycles. The van der Waals surface area contributed by atoms with Crippen LogP contribution in [0, 0.1) is 52.3 Å². The van der Waals surface area contributed by atoms with Crippen LogP contribution in [-0.2, 0) is 27.3 Å².